The summed E-state index contributed by atoms with van der Waals surface area (Å²) in [5.41, 5.74) is 0.817. The lowest BCUT2D eigenvalue weighted by Gasteiger charge is -2.32. The van der Waals surface area contributed by atoms with Crippen LogP contribution in [0.5, 0.6) is 0 Å². The first kappa shape index (κ1) is 23.6. The van der Waals surface area contributed by atoms with Crippen molar-refractivity contribution >= 4 is 16.8 Å². The maximum absolute atomic E-state index is 13.6. The van der Waals surface area contributed by atoms with Crippen LogP contribution >= 0.6 is 0 Å². The maximum Gasteiger partial charge on any atom is 0.266 e. The molecule has 0 aliphatic heterocycles. The van der Waals surface area contributed by atoms with Crippen molar-refractivity contribution < 1.29 is 13.9 Å². The van der Waals surface area contributed by atoms with Crippen molar-refractivity contribution in [3.8, 4) is 5.69 Å². The molecule has 1 heterocycles. The van der Waals surface area contributed by atoms with Crippen molar-refractivity contribution in [2.75, 3.05) is 20.3 Å². The number of carbonyl (C=O) groups is 1. The third-order valence-electron chi connectivity index (χ3n) is 5.39. The molecule has 1 atom stereocenters. The van der Waals surface area contributed by atoms with Gasteiger partial charge in [0, 0.05) is 20.1 Å². The summed E-state index contributed by atoms with van der Waals surface area (Å²) >= 11 is 0. The molecule has 0 radical (unpaired) electrons. The third kappa shape index (κ3) is 5.05. The van der Waals surface area contributed by atoms with Gasteiger partial charge < -0.3 is 9.64 Å². The molecule has 170 valence electrons. The monoisotopic (exact) mass is 439 g/mol. The maximum atomic E-state index is 13.6. The Balaban J connectivity index is 2.24. The van der Waals surface area contributed by atoms with Gasteiger partial charge in [-0.05, 0) is 48.7 Å². The van der Waals surface area contributed by atoms with Gasteiger partial charge in [0.05, 0.1) is 29.2 Å². The molecule has 1 amide bonds. The minimum Gasteiger partial charge on any atom is -0.383 e. The summed E-state index contributed by atoms with van der Waals surface area (Å²) in [7, 11) is 1.59. The van der Waals surface area contributed by atoms with Gasteiger partial charge in [-0.15, -0.1) is 0 Å². The number of benzene rings is 2. The number of nitrogens with zero attached hydrogens (tertiary/aromatic N) is 3. The highest BCUT2D eigenvalue weighted by atomic mass is 19.1. The molecule has 1 aromatic heterocycles. The minimum absolute atomic E-state index is 0.0167. The number of amides is 1. The molecule has 3 rings (SSSR count). The lowest BCUT2D eigenvalue weighted by atomic mass is 10.1. The summed E-state index contributed by atoms with van der Waals surface area (Å²) in [4.78, 5) is 33.3. The Hall–Kier alpha value is -3.06. The number of fused-ring (bicyclic) bond motifs is 1. The van der Waals surface area contributed by atoms with Crippen LogP contribution in [0.25, 0.3) is 16.6 Å². The second-order valence-electron chi connectivity index (χ2n) is 8.21. The number of hydrogen-bond donors (Lipinski definition) is 0. The summed E-state index contributed by atoms with van der Waals surface area (Å²) in [6.45, 7) is 6.71. The first-order valence-electron chi connectivity index (χ1n) is 10.9. The molecular formula is C25H30FN3O3. The van der Waals surface area contributed by atoms with E-state index in [4.69, 9.17) is 9.72 Å². The van der Waals surface area contributed by atoms with Gasteiger partial charge in [0.2, 0.25) is 5.91 Å². The number of aromatic nitrogens is 2. The first-order chi connectivity index (χ1) is 15.4. The van der Waals surface area contributed by atoms with Gasteiger partial charge in [-0.1, -0.05) is 32.9 Å². The second kappa shape index (κ2) is 10.5. The zero-order valence-corrected chi connectivity index (χ0v) is 19.0. The minimum atomic E-state index is -0.446. The molecule has 3 aromatic rings. The molecule has 0 fully saturated rings. The molecule has 6 nitrogen and oxygen atoms in total. The molecule has 0 spiro atoms. The predicted molar refractivity (Wildman–Crippen MR) is 123 cm³/mol. The standard InChI is InChI=1S/C25H30FN3O3/c1-5-22(28(14-15-32-4)23(30)16-17(2)3)24-27-21-9-7-6-8-20(21)25(31)29(24)19-12-10-18(26)11-13-19/h6-13,17,22H,5,14-16H2,1-4H3. The molecule has 0 aliphatic rings. The molecule has 0 saturated carbocycles. The molecule has 0 saturated heterocycles. The molecule has 0 aliphatic carbocycles. The van der Waals surface area contributed by atoms with E-state index in [0.29, 0.717) is 48.4 Å². The van der Waals surface area contributed by atoms with Crippen LogP contribution in [0.1, 0.15) is 45.5 Å². The fourth-order valence-corrected chi connectivity index (χ4v) is 3.87. The molecule has 1 unspecified atom stereocenters. The number of methoxy groups -OCH3 is 1. The van der Waals surface area contributed by atoms with Crippen LogP contribution in [-0.4, -0.2) is 40.6 Å². The SMILES string of the molecule is CCC(c1nc2ccccc2c(=O)n1-c1ccc(F)cc1)N(CCOC)C(=O)CC(C)C. The average Bonchev–Trinajstić information content (AvgIpc) is 2.77. The van der Waals surface area contributed by atoms with Crippen LogP contribution in [0, 0.1) is 11.7 Å². The zero-order valence-electron chi connectivity index (χ0n) is 19.0. The van der Waals surface area contributed by atoms with E-state index in [1.54, 1.807) is 42.3 Å². The number of halogens is 1. The lowest BCUT2D eigenvalue weighted by molar-refractivity contribution is -0.135. The van der Waals surface area contributed by atoms with Gasteiger partial charge >= 0.3 is 0 Å². The normalized spacial score (nSPS) is 12.3. The summed E-state index contributed by atoms with van der Waals surface area (Å²) in [6.07, 6.45) is 0.939. The van der Waals surface area contributed by atoms with Gasteiger partial charge in [0.25, 0.3) is 5.56 Å². The smallest absolute Gasteiger partial charge is 0.266 e. The van der Waals surface area contributed by atoms with E-state index in [1.807, 2.05) is 26.8 Å². The molecule has 0 bridgehead atoms. The van der Waals surface area contributed by atoms with Crippen LogP contribution in [0.2, 0.25) is 0 Å². The van der Waals surface area contributed by atoms with E-state index >= 15 is 0 Å². The summed E-state index contributed by atoms with van der Waals surface area (Å²) in [6, 6.07) is 12.4. The molecule has 7 heteroatoms. The van der Waals surface area contributed by atoms with Crippen LogP contribution in [0.15, 0.2) is 53.3 Å². The number of rotatable bonds is 9. The topological polar surface area (TPSA) is 64.4 Å². The summed E-state index contributed by atoms with van der Waals surface area (Å²) in [5, 5.41) is 0.465. The molecule has 32 heavy (non-hydrogen) atoms. The number of para-hydroxylation sites is 1. The highest BCUT2D eigenvalue weighted by molar-refractivity contribution is 5.79. The van der Waals surface area contributed by atoms with Gasteiger partial charge in [0.15, 0.2) is 0 Å². The van der Waals surface area contributed by atoms with Crippen molar-refractivity contribution in [3.05, 3.63) is 70.5 Å². The Morgan fingerprint density at radius 1 is 1.16 bits per heavy atom. The van der Waals surface area contributed by atoms with Crippen molar-refractivity contribution in [2.24, 2.45) is 5.92 Å². The fraction of sp³-hybridized carbons (Fsp3) is 0.400. The number of ether oxygens (including phenoxy) is 1. The Labute approximate surface area is 187 Å². The lowest BCUT2D eigenvalue weighted by Crippen LogP contribution is -2.40. The van der Waals surface area contributed by atoms with Crippen molar-refractivity contribution in [2.45, 2.75) is 39.7 Å². The van der Waals surface area contributed by atoms with Crippen LogP contribution in [0.3, 0.4) is 0 Å². The van der Waals surface area contributed by atoms with Crippen molar-refractivity contribution in [1.82, 2.24) is 14.5 Å². The Morgan fingerprint density at radius 2 is 1.84 bits per heavy atom. The van der Waals surface area contributed by atoms with Crippen molar-refractivity contribution in [1.29, 1.82) is 0 Å². The number of hydrogen-bond acceptors (Lipinski definition) is 4. The quantitative estimate of drug-likeness (QED) is 0.493. The second-order valence-corrected chi connectivity index (χ2v) is 8.21. The van der Waals surface area contributed by atoms with E-state index in [0.717, 1.165) is 0 Å². The Bertz CT molecular complexity index is 1130. The van der Waals surface area contributed by atoms with E-state index in [9.17, 15) is 14.0 Å². The van der Waals surface area contributed by atoms with E-state index < -0.39 is 11.9 Å². The predicted octanol–water partition coefficient (Wildman–Crippen LogP) is 4.50. The van der Waals surface area contributed by atoms with Gasteiger partial charge in [-0.2, -0.15) is 0 Å². The van der Waals surface area contributed by atoms with E-state index in [-0.39, 0.29) is 17.4 Å². The molecule has 2 aromatic carbocycles. The van der Waals surface area contributed by atoms with Gasteiger partial charge in [-0.3, -0.25) is 14.2 Å². The van der Waals surface area contributed by atoms with Crippen LogP contribution in [-0.2, 0) is 9.53 Å². The van der Waals surface area contributed by atoms with Crippen molar-refractivity contribution in [3.63, 3.8) is 0 Å². The highest BCUT2D eigenvalue weighted by Gasteiger charge is 2.29. The molecule has 0 N–H and O–H groups in total. The molecular weight excluding hydrogens is 409 g/mol. The van der Waals surface area contributed by atoms with Crippen LogP contribution in [0.4, 0.5) is 4.39 Å². The zero-order chi connectivity index (χ0) is 23.3. The van der Waals surface area contributed by atoms with E-state index in [2.05, 4.69) is 0 Å². The summed E-state index contributed by atoms with van der Waals surface area (Å²) < 4.78 is 20.4. The fourth-order valence-electron chi connectivity index (χ4n) is 3.87. The average molecular weight is 440 g/mol. The Morgan fingerprint density at radius 3 is 2.47 bits per heavy atom. The third-order valence-corrected chi connectivity index (χ3v) is 5.39. The highest BCUT2D eigenvalue weighted by Crippen LogP contribution is 2.27. The van der Waals surface area contributed by atoms with E-state index in [1.165, 1.54) is 16.7 Å². The Kier molecular flexibility index (Phi) is 7.75. The van der Waals surface area contributed by atoms with Gasteiger partial charge in [-0.25, -0.2) is 9.37 Å². The summed E-state index contributed by atoms with van der Waals surface area (Å²) in [5.74, 6) is 0.236. The van der Waals surface area contributed by atoms with Gasteiger partial charge in [0.1, 0.15) is 11.6 Å². The van der Waals surface area contributed by atoms with Crippen LogP contribution < -0.4 is 5.56 Å². The first-order valence-corrected chi connectivity index (χ1v) is 10.9. The number of carbonyl (C=O) groups excluding carboxylic acids is 1. The largest absolute Gasteiger partial charge is 0.383 e.